The van der Waals surface area contributed by atoms with Crippen LogP contribution in [0.15, 0.2) is 47.1 Å². The molecule has 0 N–H and O–H groups in total. The molecule has 0 unspecified atom stereocenters. The first-order chi connectivity index (χ1) is 14.9. The van der Waals surface area contributed by atoms with Crippen molar-refractivity contribution in [2.24, 2.45) is 5.92 Å². The van der Waals surface area contributed by atoms with Gasteiger partial charge >= 0.3 is 0 Å². The lowest BCUT2D eigenvalue weighted by molar-refractivity contribution is -0.138. The van der Waals surface area contributed by atoms with Crippen LogP contribution < -0.4 is 4.74 Å². The first kappa shape index (κ1) is 21.5. The molecule has 31 heavy (non-hydrogen) atoms. The highest BCUT2D eigenvalue weighted by atomic mass is 16.5. The molecular formula is C25H32N2O4. The lowest BCUT2D eigenvalue weighted by Gasteiger charge is -2.35. The lowest BCUT2D eigenvalue weighted by Crippen LogP contribution is -2.49. The van der Waals surface area contributed by atoms with E-state index in [0.717, 1.165) is 29.9 Å². The normalized spacial score (nSPS) is 22.8. The molecule has 2 aliphatic rings. The van der Waals surface area contributed by atoms with Crippen molar-refractivity contribution in [2.75, 3.05) is 20.2 Å². The van der Waals surface area contributed by atoms with Crippen LogP contribution in [0.25, 0.3) is 0 Å². The van der Waals surface area contributed by atoms with Gasteiger partial charge in [-0.1, -0.05) is 26.0 Å². The van der Waals surface area contributed by atoms with E-state index < -0.39 is 5.41 Å². The molecule has 0 radical (unpaired) electrons. The van der Waals surface area contributed by atoms with Crippen molar-refractivity contribution < 1.29 is 18.7 Å². The Morgan fingerprint density at radius 2 is 2.16 bits per heavy atom. The van der Waals surface area contributed by atoms with Gasteiger partial charge in [-0.2, -0.15) is 0 Å². The number of hydrogen-bond acceptors (Lipinski definition) is 4. The summed E-state index contributed by atoms with van der Waals surface area (Å²) in [5.41, 5.74) is 0.159. The molecule has 4 rings (SSSR count). The maximum atomic E-state index is 14.2. The molecule has 6 nitrogen and oxygen atoms in total. The van der Waals surface area contributed by atoms with Gasteiger partial charge in [-0.3, -0.25) is 9.59 Å². The van der Waals surface area contributed by atoms with Crippen molar-refractivity contribution in [3.8, 4) is 5.75 Å². The van der Waals surface area contributed by atoms with Crippen LogP contribution in [0.2, 0.25) is 0 Å². The maximum absolute atomic E-state index is 14.2. The molecule has 2 aromatic rings. The van der Waals surface area contributed by atoms with Gasteiger partial charge in [0, 0.05) is 25.6 Å². The maximum Gasteiger partial charge on any atom is 0.235 e. The van der Waals surface area contributed by atoms with E-state index in [0.29, 0.717) is 38.4 Å². The quantitative estimate of drug-likeness (QED) is 0.643. The van der Waals surface area contributed by atoms with E-state index in [1.54, 1.807) is 13.4 Å². The molecule has 1 aromatic carbocycles. The third kappa shape index (κ3) is 4.21. The molecule has 0 spiro atoms. The fourth-order valence-corrected chi connectivity index (χ4v) is 4.95. The number of amides is 2. The second kappa shape index (κ2) is 8.77. The number of rotatable bonds is 8. The van der Waals surface area contributed by atoms with Gasteiger partial charge in [0.2, 0.25) is 11.8 Å². The second-order valence-corrected chi connectivity index (χ2v) is 9.22. The summed E-state index contributed by atoms with van der Waals surface area (Å²) in [5, 5.41) is 0. The van der Waals surface area contributed by atoms with Crippen molar-refractivity contribution in [3.05, 3.63) is 54.0 Å². The van der Waals surface area contributed by atoms with Gasteiger partial charge < -0.3 is 19.0 Å². The number of hydrogen-bond donors (Lipinski definition) is 0. The van der Waals surface area contributed by atoms with Crippen molar-refractivity contribution in [3.63, 3.8) is 0 Å². The van der Waals surface area contributed by atoms with Crippen LogP contribution >= 0.6 is 0 Å². The van der Waals surface area contributed by atoms with Crippen LogP contribution in [-0.2, 0) is 21.5 Å². The van der Waals surface area contributed by atoms with Gasteiger partial charge in [-0.25, -0.2) is 0 Å². The number of nitrogens with zero attached hydrogens (tertiary/aromatic N) is 2. The number of carbonyl (C=O) groups excluding carboxylic acids is 2. The molecule has 166 valence electrons. The SMILES string of the molecule is COc1cccc([C@]2(C(=O)N(CCC(C)C)Cc3ccco3)C[C@@H]3CCC(=O)N3C2)c1. The van der Waals surface area contributed by atoms with Crippen LogP contribution in [0.5, 0.6) is 5.75 Å². The first-order valence-corrected chi connectivity index (χ1v) is 11.2. The molecule has 0 aliphatic carbocycles. The number of benzene rings is 1. The highest BCUT2D eigenvalue weighted by Crippen LogP contribution is 2.45. The Balaban J connectivity index is 1.72. The predicted octanol–water partition coefficient (Wildman–Crippen LogP) is 4.00. The Kier molecular flexibility index (Phi) is 6.08. The fraction of sp³-hybridized carbons (Fsp3) is 0.520. The average molecular weight is 425 g/mol. The number of furan rings is 1. The summed E-state index contributed by atoms with van der Waals surface area (Å²) in [6.07, 6.45) is 4.61. The molecule has 0 bridgehead atoms. The number of methoxy groups -OCH3 is 1. The lowest BCUT2D eigenvalue weighted by atomic mass is 9.76. The molecule has 3 heterocycles. The predicted molar refractivity (Wildman–Crippen MR) is 118 cm³/mol. The third-order valence-electron chi connectivity index (χ3n) is 6.70. The Hall–Kier alpha value is -2.76. The Morgan fingerprint density at radius 3 is 2.84 bits per heavy atom. The fourth-order valence-electron chi connectivity index (χ4n) is 4.95. The van der Waals surface area contributed by atoms with E-state index in [1.165, 1.54) is 0 Å². The van der Waals surface area contributed by atoms with Crippen LogP contribution in [0.4, 0.5) is 0 Å². The molecule has 2 fully saturated rings. The van der Waals surface area contributed by atoms with E-state index >= 15 is 0 Å². The minimum absolute atomic E-state index is 0.0694. The Bertz CT molecular complexity index is 923. The molecule has 6 heteroatoms. The van der Waals surface area contributed by atoms with Crippen LogP contribution in [0, 0.1) is 5.92 Å². The minimum Gasteiger partial charge on any atom is -0.497 e. The van der Waals surface area contributed by atoms with Crippen molar-refractivity contribution in [1.29, 1.82) is 0 Å². The van der Waals surface area contributed by atoms with Gasteiger partial charge in [0.05, 0.1) is 25.3 Å². The zero-order valence-electron chi connectivity index (χ0n) is 18.7. The van der Waals surface area contributed by atoms with Gasteiger partial charge in [0.15, 0.2) is 0 Å². The summed E-state index contributed by atoms with van der Waals surface area (Å²) < 4.78 is 11.0. The van der Waals surface area contributed by atoms with Crippen molar-refractivity contribution in [1.82, 2.24) is 9.80 Å². The van der Waals surface area contributed by atoms with Crippen LogP contribution in [0.1, 0.15) is 50.9 Å². The monoisotopic (exact) mass is 424 g/mol. The molecule has 2 amide bonds. The van der Waals surface area contributed by atoms with E-state index in [9.17, 15) is 9.59 Å². The molecule has 2 atom stereocenters. The van der Waals surface area contributed by atoms with Crippen molar-refractivity contribution >= 4 is 11.8 Å². The highest BCUT2D eigenvalue weighted by Gasteiger charge is 2.55. The van der Waals surface area contributed by atoms with E-state index in [-0.39, 0.29) is 17.9 Å². The Labute approximate surface area is 184 Å². The second-order valence-electron chi connectivity index (χ2n) is 9.22. The van der Waals surface area contributed by atoms with Crippen LogP contribution in [-0.4, -0.2) is 47.9 Å². The number of ether oxygens (including phenoxy) is 1. The highest BCUT2D eigenvalue weighted by molar-refractivity contribution is 5.91. The minimum atomic E-state index is -0.765. The summed E-state index contributed by atoms with van der Waals surface area (Å²) in [7, 11) is 1.63. The summed E-state index contributed by atoms with van der Waals surface area (Å²) in [5.74, 6) is 2.20. The van der Waals surface area contributed by atoms with E-state index in [1.807, 2.05) is 46.2 Å². The molecule has 2 saturated heterocycles. The molecular weight excluding hydrogens is 392 g/mol. The average Bonchev–Trinajstić information content (AvgIpc) is 3.49. The molecule has 1 aromatic heterocycles. The summed E-state index contributed by atoms with van der Waals surface area (Å²) in [6.45, 7) is 5.85. The van der Waals surface area contributed by atoms with E-state index in [2.05, 4.69) is 13.8 Å². The van der Waals surface area contributed by atoms with Gasteiger partial charge in [0.1, 0.15) is 11.5 Å². The van der Waals surface area contributed by atoms with Gasteiger partial charge in [-0.15, -0.1) is 0 Å². The largest absolute Gasteiger partial charge is 0.497 e. The molecule has 2 aliphatic heterocycles. The van der Waals surface area contributed by atoms with E-state index in [4.69, 9.17) is 9.15 Å². The van der Waals surface area contributed by atoms with Crippen molar-refractivity contribution in [2.45, 2.75) is 57.5 Å². The summed E-state index contributed by atoms with van der Waals surface area (Å²) >= 11 is 0. The standard InChI is InChI=1S/C25H32N2O4/c1-18(2)11-12-26(16-22-8-5-13-31-22)24(29)25(19-6-4-7-21(14-19)30-3)15-20-9-10-23(28)27(20)17-25/h4-8,13-14,18,20H,9-12,15-17H2,1-3H3/t20-,25-/m0/s1. The molecule has 0 saturated carbocycles. The van der Waals surface area contributed by atoms with Crippen LogP contribution in [0.3, 0.4) is 0 Å². The summed E-state index contributed by atoms with van der Waals surface area (Å²) in [4.78, 5) is 30.6. The zero-order chi connectivity index (χ0) is 22.0. The first-order valence-electron chi connectivity index (χ1n) is 11.2. The number of fused-ring (bicyclic) bond motifs is 1. The topological polar surface area (TPSA) is 63.0 Å². The smallest absolute Gasteiger partial charge is 0.235 e. The van der Waals surface area contributed by atoms with Gasteiger partial charge in [-0.05, 0) is 55.0 Å². The Morgan fingerprint density at radius 1 is 1.32 bits per heavy atom. The third-order valence-corrected chi connectivity index (χ3v) is 6.70. The zero-order valence-corrected chi connectivity index (χ0v) is 18.7. The van der Waals surface area contributed by atoms with Gasteiger partial charge in [0.25, 0.3) is 0 Å². The number of carbonyl (C=O) groups is 2. The summed E-state index contributed by atoms with van der Waals surface area (Å²) in [6, 6.07) is 11.7.